The number of aliphatic imine (C=N–C) groups is 1. The highest BCUT2D eigenvalue weighted by Crippen LogP contribution is 2.36. The van der Waals surface area contributed by atoms with Crippen LogP contribution in [0.25, 0.3) is 15.8 Å². The highest BCUT2D eigenvalue weighted by atomic mass is 32.1. The number of benzene rings is 2. The zero-order valence-corrected chi connectivity index (χ0v) is 16.6. The van der Waals surface area contributed by atoms with Crippen LogP contribution in [-0.4, -0.2) is 16.0 Å². The second-order valence-corrected chi connectivity index (χ2v) is 7.74. The number of nitriles is 1. The fourth-order valence-electron chi connectivity index (χ4n) is 3.11. The molecule has 0 saturated carbocycles. The fourth-order valence-corrected chi connectivity index (χ4v) is 4.11. The Morgan fingerprint density at radius 2 is 1.93 bits per heavy atom. The highest BCUT2D eigenvalue weighted by Gasteiger charge is 2.13. The van der Waals surface area contributed by atoms with Gasteiger partial charge in [-0.25, -0.2) is 9.67 Å². The van der Waals surface area contributed by atoms with Gasteiger partial charge in [0, 0.05) is 22.0 Å². The molecule has 0 aliphatic rings. The summed E-state index contributed by atoms with van der Waals surface area (Å²) in [4.78, 5) is 17.4. The average molecular weight is 386 g/mol. The van der Waals surface area contributed by atoms with Crippen molar-refractivity contribution in [3.63, 3.8) is 0 Å². The third-order valence-corrected chi connectivity index (χ3v) is 5.94. The van der Waals surface area contributed by atoms with E-state index in [1.54, 1.807) is 6.21 Å². The minimum atomic E-state index is -0.163. The predicted molar refractivity (Wildman–Crippen MR) is 114 cm³/mol. The molecule has 28 heavy (non-hydrogen) atoms. The van der Waals surface area contributed by atoms with Crippen LogP contribution in [0, 0.1) is 32.1 Å². The Labute approximate surface area is 166 Å². The summed E-state index contributed by atoms with van der Waals surface area (Å²) in [5, 5.41) is 14.1. The summed E-state index contributed by atoms with van der Waals surface area (Å²) < 4.78 is 2.53. The maximum absolute atomic E-state index is 12.9. The summed E-state index contributed by atoms with van der Waals surface area (Å²) in [6.45, 7) is 5.90. The van der Waals surface area contributed by atoms with E-state index < -0.39 is 0 Å². The lowest BCUT2D eigenvalue weighted by Crippen LogP contribution is -2.17. The van der Waals surface area contributed by atoms with Crippen LogP contribution in [0.4, 0.5) is 5.00 Å². The zero-order chi connectivity index (χ0) is 19.8. The van der Waals surface area contributed by atoms with E-state index in [-0.39, 0.29) is 5.56 Å². The SMILES string of the molecule is Cc1ccc(-n2[nH]c(C)c(/C=N/c3sc4ccccc4c3C#N)c2=O)cc1C. The monoisotopic (exact) mass is 386 g/mol. The lowest BCUT2D eigenvalue weighted by molar-refractivity contribution is 0.833. The largest absolute Gasteiger partial charge is 0.295 e. The summed E-state index contributed by atoms with van der Waals surface area (Å²) >= 11 is 1.45. The molecule has 138 valence electrons. The molecule has 1 N–H and O–H groups in total. The Morgan fingerprint density at radius 1 is 1.14 bits per heavy atom. The fraction of sp³-hybridized carbons (Fsp3) is 0.136. The number of aryl methyl sites for hydroxylation is 3. The summed E-state index contributed by atoms with van der Waals surface area (Å²) in [6.07, 6.45) is 1.55. The first-order chi connectivity index (χ1) is 13.5. The topological polar surface area (TPSA) is 73.9 Å². The van der Waals surface area contributed by atoms with E-state index in [1.807, 2.05) is 63.2 Å². The molecule has 0 bridgehead atoms. The molecule has 6 heteroatoms. The van der Waals surface area contributed by atoms with Crippen LogP contribution in [0.1, 0.15) is 27.9 Å². The third kappa shape index (κ3) is 2.96. The quantitative estimate of drug-likeness (QED) is 0.507. The molecule has 0 aliphatic carbocycles. The maximum Gasteiger partial charge on any atom is 0.280 e. The number of hydrogen-bond donors (Lipinski definition) is 1. The molecule has 0 aliphatic heterocycles. The molecule has 0 amide bonds. The van der Waals surface area contributed by atoms with Gasteiger partial charge < -0.3 is 0 Å². The molecular weight excluding hydrogens is 368 g/mol. The molecule has 2 aromatic heterocycles. The van der Waals surface area contributed by atoms with Crippen molar-refractivity contribution >= 4 is 32.6 Å². The molecule has 4 rings (SSSR count). The number of thiophene rings is 1. The second-order valence-electron chi connectivity index (χ2n) is 6.71. The van der Waals surface area contributed by atoms with Gasteiger partial charge in [-0.3, -0.25) is 9.89 Å². The van der Waals surface area contributed by atoms with Crippen LogP contribution < -0.4 is 5.56 Å². The van der Waals surface area contributed by atoms with E-state index >= 15 is 0 Å². The first-order valence-corrected chi connectivity index (χ1v) is 9.66. The normalized spacial score (nSPS) is 11.4. The predicted octanol–water partition coefficient (Wildman–Crippen LogP) is 4.93. The number of nitrogens with zero attached hydrogens (tertiary/aromatic N) is 3. The first-order valence-electron chi connectivity index (χ1n) is 8.84. The van der Waals surface area contributed by atoms with Gasteiger partial charge in [-0.2, -0.15) is 5.26 Å². The molecule has 0 fully saturated rings. The molecule has 4 aromatic rings. The van der Waals surface area contributed by atoms with Gasteiger partial charge in [-0.1, -0.05) is 24.3 Å². The van der Waals surface area contributed by atoms with Crippen LogP contribution in [0.15, 0.2) is 52.3 Å². The van der Waals surface area contributed by atoms with E-state index in [0.29, 0.717) is 16.1 Å². The summed E-state index contributed by atoms with van der Waals surface area (Å²) in [6, 6.07) is 15.8. The number of H-pyrrole nitrogens is 1. The minimum Gasteiger partial charge on any atom is -0.295 e. The van der Waals surface area contributed by atoms with Crippen LogP contribution >= 0.6 is 11.3 Å². The Hall–Kier alpha value is -3.43. The molecule has 2 heterocycles. The van der Waals surface area contributed by atoms with Crippen LogP contribution in [-0.2, 0) is 0 Å². The van der Waals surface area contributed by atoms with Gasteiger partial charge in [0.2, 0.25) is 0 Å². The van der Waals surface area contributed by atoms with Crippen molar-refractivity contribution < 1.29 is 0 Å². The van der Waals surface area contributed by atoms with Gasteiger partial charge in [-0.15, -0.1) is 11.3 Å². The summed E-state index contributed by atoms with van der Waals surface area (Å²) in [5.74, 6) is 0. The van der Waals surface area contributed by atoms with Gasteiger partial charge >= 0.3 is 0 Å². The Balaban J connectivity index is 1.77. The van der Waals surface area contributed by atoms with Crippen molar-refractivity contribution in [2.24, 2.45) is 4.99 Å². The molecule has 2 aromatic carbocycles. The third-order valence-electron chi connectivity index (χ3n) is 4.87. The molecule has 0 spiro atoms. The smallest absolute Gasteiger partial charge is 0.280 e. The number of fused-ring (bicyclic) bond motifs is 1. The van der Waals surface area contributed by atoms with Crippen molar-refractivity contribution in [3.8, 4) is 11.8 Å². The lowest BCUT2D eigenvalue weighted by Gasteiger charge is -2.05. The number of nitrogens with one attached hydrogen (secondary N) is 1. The van der Waals surface area contributed by atoms with Crippen LogP contribution in [0.5, 0.6) is 0 Å². The van der Waals surface area contributed by atoms with E-state index in [4.69, 9.17) is 0 Å². The Morgan fingerprint density at radius 3 is 2.68 bits per heavy atom. The van der Waals surface area contributed by atoms with E-state index in [2.05, 4.69) is 16.2 Å². The standard InChI is InChI=1S/C22H18N4OS/c1-13-8-9-16(10-14(13)2)26-22(27)19(15(3)25-26)12-24-21-18(11-23)17-6-4-5-7-20(17)28-21/h4-10,12,25H,1-3H3/b24-12+. The minimum absolute atomic E-state index is 0.163. The molecule has 0 saturated heterocycles. The zero-order valence-electron chi connectivity index (χ0n) is 15.8. The van der Waals surface area contributed by atoms with Gasteiger partial charge in [0.15, 0.2) is 0 Å². The summed E-state index contributed by atoms with van der Waals surface area (Å²) in [7, 11) is 0. The van der Waals surface area contributed by atoms with Crippen molar-refractivity contribution in [2.45, 2.75) is 20.8 Å². The number of rotatable bonds is 3. The molecule has 0 unspecified atom stereocenters. The van der Waals surface area contributed by atoms with E-state index in [1.165, 1.54) is 21.6 Å². The average Bonchev–Trinajstić information content (AvgIpc) is 3.19. The van der Waals surface area contributed by atoms with E-state index in [0.717, 1.165) is 27.0 Å². The van der Waals surface area contributed by atoms with Crippen LogP contribution in [0.3, 0.4) is 0 Å². The second kappa shape index (κ2) is 6.95. The molecule has 5 nitrogen and oxygen atoms in total. The maximum atomic E-state index is 12.9. The van der Waals surface area contributed by atoms with Gasteiger partial charge in [0.25, 0.3) is 5.56 Å². The number of hydrogen-bond acceptors (Lipinski definition) is 4. The molecule has 0 atom stereocenters. The number of aromatic amines is 1. The van der Waals surface area contributed by atoms with Gasteiger partial charge in [-0.05, 0) is 50.1 Å². The molecule has 0 radical (unpaired) electrons. The van der Waals surface area contributed by atoms with Crippen LogP contribution in [0.2, 0.25) is 0 Å². The lowest BCUT2D eigenvalue weighted by atomic mass is 10.1. The van der Waals surface area contributed by atoms with Crippen molar-refractivity contribution in [2.75, 3.05) is 0 Å². The van der Waals surface area contributed by atoms with Gasteiger partial charge in [0.05, 0.1) is 16.8 Å². The Kier molecular flexibility index (Phi) is 4.46. The molecular formula is C22H18N4OS. The first kappa shape index (κ1) is 18.0. The number of aromatic nitrogens is 2. The highest BCUT2D eigenvalue weighted by molar-refractivity contribution is 7.22. The summed E-state index contributed by atoms with van der Waals surface area (Å²) in [5.41, 5.74) is 4.68. The van der Waals surface area contributed by atoms with E-state index in [9.17, 15) is 10.1 Å². The van der Waals surface area contributed by atoms with Crippen molar-refractivity contribution in [1.82, 2.24) is 9.78 Å². The Bertz CT molecular complexity index is 1330. The van der Waals surface area contributed by atoms with Crippen molar-refractivity contribution in [3.05, 3.63) is 80.8 Å². The van der Waals surface area contributed by atoms with Crippen molar-refractivity contribution in [1.29, 1.82) is 5.26 Å². The van der Waals surface area contributed by atoms with Gasteiger partial charge in [0.1, 0.15) is 11.1 Å².